The van der Waals surface area contributed by atoms with Crippen LogP contribution in [0.25, 0.3) is 0 Å². The van der Waals surface area contributed by atoms with Crippen molar-refractivity contribution >= 4 is 5.91 Å². The predicted octanol–water partition coefficient (Wildman–Crippen LogP) is 2.72. The number of hydrogen-bond donors (Lipinski definition) is 0. The van der Waals surface area contributed by atoms with E-state index >= 15 is 0 Å². The number of amides is 1. The van der Waals surface area contributed by atoms with E-state index in [-0.39, 0.29) is 12.5 Å². The maximum absolute atomic E-state index is 11.6. The van der Waals surface area contributed by atoms with E-state index in [9.17, 15) is 4.79 Å². The first-order valence-corrected chi connectivity index (χ1v) is 5.91. The second kappa shape index (κ2) is 9.51. The fourth-order valence-corrected chi connectivity index (χ4v) is 1.50. The Hall–Kier alpha value is -1.04. The average molecular weight is 210 g/mol. The second-order valence-electron chi connectivity index (χ2n) is 3.73. The van der Waals surface area contributed by atoms with E-state index in [0.717, 1.165) is 12.8 Å². The molecule has 3 nitrogen and oxygen atoms in total. The fourth-order valence-electron chi connectivity index (χ4n) is 1.50. The van der Waals surface area contributed by atoms with E-state index in [1.165, 1.54) is 19.3 Å². The predicted molar refractivity (Wildman–Crippen MR) is 61.2 cm³/mol. The Morgan fingerprint density at radius 3 is 2.40 bits per heavy atom. The summed E-state index contributed by atoms with van der Waals surface area (Å²) in [5.41, 5.74) is 0. The highest BCUT2D eigenvalue weighted by molar-refractivity contribution is 5.76. The van der Waals surface area contributed by atoms with E-state index in [1.54, 1.807) is 4.90 Å². The maximum Gasteiger partial charge on any atom is 0.223 e. The smallest absolute Gasteiger partial charge is 0.223 e. The number of unbranched alkanes of at least 4 members (excludes halogenated alkanes) is 4. The van der Waals surface area contributed by atoms with Crippen LogP contribution in [0.5, 0.6) is 0 Å². The molecule has 0 rings (SSSR count). The van der Waals surface area contributed by atoms with Crippen molar-refractivity contribution in [3.63, 3.8) is 0 Å². The third-order valence-corrected chi connectivity index (χ3v) is 2.49. The monoisotopic (exact) mass is 210 g/mol. The van der Waals surface area contributed by atoms with Crippen LogP contribution in [0.3, 0.4) is 0 Å². The van der Waals surface area contributed by atoms with Crippen LogP contribution in [-0.2, 0) is 4.79 Å². The van der Waals surface area contributed by atoms with Gasteiger partial charge in [-0.1, -0.05) is 32.6 Å². The summed E-state index contributed by atoms with van der Waals surface area (Å²) in [6.07, 6.45) is 6.38. The Bertz CT molecular complexity index is 208. The van der Waals surface area contributed by atoms with Gasteiger partial charge in [-0.15, -0.1) is 0 Å². The molecular weight excluding hydrogens is 188 g/mol. The molecule has 86 valence electrons. The molecule has 0 atom stereocenters. The SMILES string of the molecule is CCCCCCCC(=O)N(CC)CC#N. The van der Waals surface area contributed by atoms with Crippen LogP contribution in [0, 0.1) is 11.3 Å². The van der Waals surface area contributed by atoms with Gasteiger partial charge >= 0.3 is 0 Å². The lowest BCUT2D eigenvalue weighted by molar-refractivity contribution is -0.130. The van der Waals surface area contributed by atoms with Gasteiger partial charge in [-0.3, -0.25) is 4.79 Å². The molecule has 0 aromatic heterocycles. The van der Waals surface area contributed by atoms with Crippen molar-refractivity contribution in [1.82, 2.24) is 4.90 Å². The van der Waals surface area contributed by atoms with Crippen LogP contribution in [0.1, 0.15) is 52.4 Å². The summed E-state index contributed by atoms with van der Waals surface area (Å²) in [4.78, 5) is 13.2. The topological polar surface area (TPSA) is 44.1 Å². The molecule has 0 unspecified atom stereocenters. The number of hydrogen-bond acceptors (Lipinski definition) is 2. The zero-order chi connectivity index (χ0) is 11.5. The third kappa shape index (κ3) is 6.96. The van der Waals surface area contributed by atoms with Crippen LogP contribution < -0.4 is 0 Å². The lowest BCUT2D eigenvalue weighted by Crippen LogP contribution is -2.30. The van der Waals surface area contributed by atoms with E-state index in [1.807, 2.05) is 13.0 Å². The fraction of sp³-hybridized carbons (Fsp3) is 0.833. The minimum atomic E-state index is 0.121. The first-order valence-electron chi connectivity index (χ1n) is 5.91. The summed E-state index contributed by atoms with van der Waals surface area (Å²) in [6, 6.07) is 2.02. The number of rotatable bonds is 8. The molecule has 0 saturated heterocycles. The van der Waals surface area contributed by atoms with Crippen LogP contribution in [0.2, 0.25) is 0 Å². The van der Waals surface area contributed by atoms with Gasteiger partial charge in [-0.2, -0.15) is 5.26 Å². The summed E-state index contributed by atoms with van der Waals surface area (Å²) in [7, 11) is 0. The number of nitriles is 1. The highest BCUT2D eigenvalue weighted by Crippen LogP contribution is 2.06. The number of carbonyl (C=O) groups excluding carboxylic acids is 1. The summed E-state index contributed by atoms with van der Waals surface area (Å²) in [5.74, 6) is 0.121. The minimum Gasteiger partial charge on any atom is -0.330 e. The van der Waals surface area contributed by atoms with Crippen molar-refractivity contribution in [2.45, 2.75) is 52.4 Å². The highest BCUT2D eigenvalue weighted by atomic mass is 16.2. The van der Waals surface area contributed by atoms with Crippen LogP contribution in [0.4, 0.5) is 0 Å². The Kier molecular flexibility index (Phi) is 8.85. The van der Waals surface area contributed by atoms with Crippen molar-refractivity contribution < 1.29 is 4.79 Å². The molecule has 0 fully saturated rings. The molecule has 15 heavy (non-hydrogen) atoms. The van der Waals surface area contributed by atoms with Gasteiger partial charge in [0.05, 0.1) is 6.07 Å². The van der Waals surface area contributed by atoms with Crippen molar-refractivity contribution in [2.75, 3.05) is 13.1 Å². The quantitative estimate of drug-likeness (QED) is 0.456. The normalized spacial score (nSPS) is 9.67. The van der Waals surface area contributed by atoms with E-state index in [2.05, 4.69) is 6.92 Å². The Balaban J connectivity index is 3.58. The Morgan fingerprint density at radius 1 is 1.20 bits per heavy atom. The third-order valence-electron chi connectivity index (χ3n) is 2.49. The highest BCUT2D eigenvalue weighted by Gasteiger charge is 2.09. The summed E-state index contributed by atoms with van der Waals surface area (Å²) < 4.78 is 0. The molecule has 0 aliphatic carbocycles. The molecule has 0 spiro atoms. The van der Waals surface area contributed by atoms with Crippen molar-refractivity contribution in [2.24, 2.45) is 0 Å². The van der Waals surface area contributed by atoms with Gasteiger partial charge in [0, 0.05) is 13.0 Å². The van der Waals surface area contributed by atoms with Crippen molar-refractivity contribution in [3.05, 3.63) is 0 Å². The zero-order valence-electron chi connectivity index (χ0n) is 9.96. The minimum absolute atomic E-state index is 0.121. The first kappa shape index (κ1) is 14.0. The van der Waals surface area contributed by atoms with Crippen molar-refractivity contribution in [1.29, 1.82) is 5.26 Å². The van der Waals surface area contributed by atoms with Gasteiger partial charge in [0.25, 0.3) is 0 Å². The molecule has 0 radical (unpaired) electrons. The maximum atomic E-state index is 11.6. The Morgan fingerprint density at radius 2 is 1.87 bits per heavy atom. The number of nitrogens with zero attached hydrogens (tertiary/aromatic N) is 2. The standard InChI is InChI=1S/C12H22N2O/c1-3-5-6-7-8-9-12(15)14(4-2)11-10-13/h3-9,11H2,1-2H3. The molecule has 3 heteroatoms. The molecule has 0 aliphatic rings. The lowest BCUT2D eigenvalue weighted by Gasteiger charge is -2.16. The molecule has 0 saturated carbocycles. The molecular formula is C12H22N2O. The zero-order valence-corrected chi connectivity index (χ0v) is 9.96. The number of carbonyl (C=O) groups is 1. The molecule has 0 heterocycles. The first-order chi connectivity index (χ1) is 7.26. The lowest BCUT2D eigenvalue weighted by atomic mass is 10.1. The van der Waals surface area contributed by atoms with Crippen LogP contribution in [-0.4, -0.2) is 23.9 Å². The summed E-state index contributed by atoms with van der Waals surface area (Å²) >= 11 is 0. The average Bonchev–Trinajstić information content (AvgIpc) is 2.25. The van der Waals surface area contributed by atoms with Gasteiger partial charge in [0.1, 0.15) is 6.54 Å². The van der Waals surface area contributed by atoms with Crippen LogP contribution >= 0.6 is 0 Å². The van der Waals surface area contributed by atoms with E-state index in [4.69, 9.17) is 5.26 Å². The van der Waals surface area contributed by atoms with Gasteiger partial charge in [-0.25, -0.2) is 0 Å². The van der Waals surface area contributed by atoms with E-state index < -0.39 is 0 Å². The van der Waals surface area contributed by atoms with E-state index in [0.29, 0.717) is 13.0 Å². The van der Waals surface area contributed by atoms with Gasteiger partial charge < -0.3 is 4.90 Å². The molecule has 0 N–H and O–H groups in total. The Labute approximate surface area is 93.1 Å². The summed E-state index contributed by atoms with van der Waals surface area (Å²) in [6.45, 7) is 4.95. The van der Waals surface area contributed by atoms with Crippen LogP contribution in [0.15, 0.2) is 0 Å². The second-order valence-corrected chi connectivity index (χ2v) is 3.73. The van der Waals surface area contributed by atoms with Gasteiger partial charge in [-0.05, 0) is 13.3 Å². The largest absolute Gasteiger partial charge is 0.330 e. The van der Waals surface area contributed by atoms with Gasteiger partial charge in [0.15, 0.2) is 0 Å². The van der Waals surface area contributed by atoms with Gasteiger partial charge in [0.2, 0.25) is 5.91 Å². The molecule has 0 aromatic carbocycles. The molecule has 0 aliphatic heterocycles. The molecule has 0 aromatic rings. The molecule has 0 bridgehead atoms. The summed E-state index contributed by atoms with van der Waals surface area (Å²) in [5, 5.41) is 8.51. The van der Waals surface area contributed by atoms with Crippen molar-refractivity contribution in [3.8, 4) is 6.07 Å². The molecule has 1 amide bonds.